The molecule has 2 amide bonds. The van der Waals surface area contributed by atoms with Crippen molar-refractivity contribution < 1.29 is 21.6 Å². The summed E-state index contributed by atoms with van der Waals surface area (Å²) in [4.78, 5) is 14.6. The Hall–Kier alpha value is -1.31. The van der Waals surface area contributed by atoms with Gasteiger partial charge in [-0.2, -0.15) is 0 Å². The maximum absolute atomic E-state index is 12.1. The van der Waals surface area contributed by atoms with Gasteiger partial charge in [0.25, 0.3) is 20.0 Å². The van der Waals surface area contributed by atoms with Crippen molar-refractivity contribution in [3.8, 4) is 0 Å². The molecule has 0 aliphatic heterocycles. The summed E-state index contributed by atoms with van der Waals surface area (Å²) >= 11 is 22.9. The number of carbonyl (C=O) groups excluding carboxylic acids is 1. The van der Waals surface area contributed by atoms with Crippen molar-refractivity contribution in [1.29, 1.82) is 0 Å². The summed E-state index contributed by atoms with van der Waals surface area (Å²) in [5.41, 5.74) is 3.52. The average molecular weight is 508 g/mol. The van der Waals surface area contributed by atoms with E-state index in [-0.39, 0.29) is 29.9 Å². The van der Waals surface area contributed by atoms with Gasteiger partial charge < -0.3 is 0 Å². The number of urea groups is 1. The number of sulfonamides is 2. The highest BCUT2D eigenvalue weighted by atomic mass is 35.5. The third-order valence-corrected chi connectivity index (χ3v) is 6.97. The number of halogens is 4. The topological polar surface area (TPSA) is 133 Å². The van der Waals surface area contributed by atoms with E-state index in [2.05, 4.69) is 0 Å². The molecule has 0 heterocycles. The number of rotatable bonds is 6. The Labute approximate surface area is 180 Å². The van der Waals surface area contributed by atoms with Gasteiger partial charge in [0.15, 0.2) is 0 Å². The van der Waals surface area contributed by atoms with Crippen LogP contribution in [0.4, 0.5) is 4.79 Å². The largest absolute Gasteiger partial charge is 0.345 e. The minimum absolute atomic E-state index is 0.0108. The molecule has 2 aromatic rings. The number of amides is 2. The zero-order valence-corrected chi connectivity index (χ0v) is 18.0. The van der Waals surface area contributed by atoms with Crippen molar-refractivity contribution in [2.24, 2.45) is 0 Å². The van der Waals surface area contributed by atoms with E-state index in [1.54, 1.807) is 20.5 Å². The summed E-state index contributed by atoms with van der Waals surface area (Å²) in [5.74, 6) is 0. The molecule has 2 rings (SSSR count). The summed E-state index contributed by atoms with van der Waals surface area (Å²) in [7, 11) is -8.37. The molecule has 9 nitrogen and oxygen atoms in total. The third kappa shape index (κ3) is 5.84. The summed E-state index contributed by atoms with van der Waals surface area (Å²) < 4.78 is 48.3. The van der Waals surface area contributed by atoms with Gasteiger partial charge in [-0.25, -0.2) is 21.6 Å². The smallest absolute Gasteiger partial charge is 0.258 e. The van der Waals surface area contributed by atoms with Crippen LogP contribution in [0.5, 0.6) is 0 Å². The maximum Gasteiger partial charge on any atom is 0.345 e. The van der Waals surface area contributed by atoms with Gasteiger partial charge in [0.2, 0.25) is 0 Å². The molecule has 0 bridgehead atoms. The van der Waals surface area contributed by atoms with Crippen LogP contribution in [0.15, 0.2) is 46.2 Å². The van der Waals surface area contributed by atoms with Crippen LogP contribution in [0.1, 0.15) is 0 Å². The predicted molar refractivity (Wildman–Crippen MR) is 105 cm³/mol. The number of hydrogen-bond donors (Lipinski definition) is 4. The molecule has 0 aliphatic carbocycles. The highest BCUT2D eigenvalue weighted by Crippen LogP contribution is 2.25. The molecule has 4 N–H and O–H groups in total. The fourth-order valence-electron chi connectivity index (χ4n) is 1.66. The van der Waals surface area contributed by atoms with E-state index < -0.39 is 26.1 Å². The van der Waals surface area contributed by atoms with Crippen molar-refractivity contribution in [2.45, 2.75) is 9.79 Å². The Kier molecular flexibility index (Phi) is 7.39. The van der Waals surface area contributed by atoms with Gasteiger partial charge in [-0.1, -0.05) is 46.4 Å². The van der Waals surface area contributed by atoms with E-state index >= 15 is 0 Å². The fourth-order valence-corrected chi connectivity index (χ4v) is 4.12. The molecule has 0 aromatic heterocycles. The third-order valence-electron chi connectivity index (χ3n) is 3.00. The fraction of sp³-hybridized carbons (Fsp3) is 0. The van der Waals surface area contributed by atoms with Crippen LogP contribution in [-0.4, -0.2) is 22.9 Å². The second kappa shape index (κ2) is 9.01. The standard InChI is InChI=1S/C13H10Cl4N4O5S2/c14-9-3-1-7(5-11(9)16)27(23,24)20-18-13(22)19-21-28(25,26)8-2-4-10(15)12(17)6-8/h1-6,20-21H,(H2,18,19,22). The van der Waals surface area contributed by atoms with E-state index in [9.17, 15) is 21.6 Å². The van der Waals surface area contributed by atoms with Crippen LogP contribution in [0.25, 0.3) is 0 Å². The summed E-state index contributed by atoms with van der Waals surface area (Å²) in [6.07, 6.45) is 0. The molecular weight excluding hydrogens is 498 g/mol. The van der Waals surface area contributed by atoms with Gasteiger partial charge in [-0.15, -0.1) is 9.66 Å². The lowest BCUT2D eigenvalue weighted by Crippen LogP contribution is -2.52. The normalized spacial score (nSPS) is 11.9. The summed E-state index contributed by atoms with van der Waals surface area (Å²) in [6, 6.07) is 5.74. The molecule has 0 saturated heterocycles. The van der Waals surface area contributed by atoms with E-state index in [0.717, 1.165) is 24.3 Å². The molecule has 0 atom stereocenters. The first-order chi connectivity index (χ1) is 12.9. The Balaban J connectivity index is 1.98. The monoisotopic (exact) mass is 506 g/mol. The van der Waals surface area contributed by atoms with Crippen LogP contribution in [-0.2, 0) is 20.0 Å². The van der Waals surface area contributed by atoms with Crippen molar-refractivity contribution >= 4 is 72.5 Å². The van der Waals surface area contributed by atoms with Gasteiger partial charge in [0.1, 0.15) is 0 Å². The van der Waals surface area contributed by atoms with Crippen LogP contribution >= 0.6 is 46.4 Å². The van der Waals surface area contributed by atoms with Crippen LogP contribution in [0.3, 0.4) is 0 Å². The number of benzene rings is 2. The molecule has 0 aliphatic rings. The minimum atomic E-state index is -4.19. The number of carbonyl (C=O) groups is 1. The highest BCUT2D eigenvalue weighted by Gasteiger charge is 2.19. The number of hydrogen-bond acceptors (Lipinski definition) is 5. The Bertz CT molecular complexity index is 1040. The quantitative estimate of drug-likeness (QED) is 0.446. The summed E-state index contributed by atoms with van der Waals surface area (Å²) in [5, 5.41) is 0.262. The number of nitrogens with one attached hydrogen (secondary N) is 4. The van der Waals surface area contributed by atoms with E-state index in [0.29, 0.717) is 0 Å². The van der Waals surface area contributed by atoms with Crippen molar-refractivity contribution in [2.75, 3.05) is 0 Å². The molecule has 152 valence electrons. The first kappa shape index (κ1) is 23.0. The maximum atomic E-state index is 12.1. The summed E-state index contributed by atoms with van der Waals surface area (Å²) in [6.45, 7) is 0. The average Bonchev–Trinajstić information content (AvgIpc) is 2.62. The van der Waals surface area contributed by atoms with Gasteiger partial charge in [-0.05, 0) is 36.4 Å². The molecule has 2 aromatic carbocycles. The van der Waals surface area contributed by atoms with E-state index in [1.165, 1.54) is 12.1 Å². The first-order valence-electron chi connectivity index (χ1n) is 6.92. The molecular formula is C13H10Cl4N4O5S2. The van der Waals surface area contributed by atoms with Crippen molar-refractivity contribution in [1.82, 2.24) is 20.5 Å². The first-order valence-corrected chi connectivity index (χ1v) is 11.4. The van der Waals surface area contributed by atoms with Crippen molar-refractivity contribution in [3.05, 3.63) is 56.5 Å². The van der Waals surface area contributed by atoms with E-state index in [1.807, 2.05) is 0 Å². The SMILES string of the molecule is O=C(NNS(=O)(=O)c1ccc(Cl)c(Cl)c1)NNS(=O)(=O)c1ccc(Cl)c(Cl)c1. The van der Waals surface area contributed by atoms with Gasteiger partial charge in [0, 0.05) is 0 Å². The van der Waals surface area contributed by atoms with Crippen LogP contribution in [0.2, 0.25) is 20.1 Å². The predicted octanol–water partition coefficient (Wildman–Crippen LogP) is 2.69. The molecule has 0 fully saturated rings. The second-order valence-electron chi connectivity index (χ2n) is 4.94. The van der Waals surface area contributed by atoms with Gasteiger partial charge in [-0.3, -0.25) is 10.9 Å². The Morgan fingerprint density at radius 2 is 1.00 bits per heavy atom. The molecule has 0 spiro atoms. The number of hydrazine groups is 2. The lowest BCUT2D eigenvalue weighted by Gasteiger charge is -2.11. The molecule has 0 saturated carbocycles. The zero-order valence-electron chi connectivity index (χ0n) is 13.3. The minimum Gasteiger partial charge on any atom is -0.258 e. The molecule has 0 radical (unpaired) electrons. The lowest BCUT2D eigenvalue weighted by molar-refractivity contribution is 0.237. The second-order valence-corrected chi connectivity index (χ2v) is 9.94. The molecule has 15 heteroatoms. The Morgan fingerprint density at radius 1 is 0.643 bits per heavy atom. The van der Waals surface area contributed by atoms with Crippen LogP contribution in [0, 0.1) is 0 Å². The highest BCUT2D eigenvalue weighted by molar-refractivity contribution is 7.89. The van der Waals surface area contributed by atoms with Gasteiger partial charge >= 0.3 is 6.03 Å². The lowest BCUT2D eigenvalue weighted by atomic mass is 10.4. The molecule has 0 unspecified atom stereocenters. The molecule has 28 heavy (non-hydrogen) atoms. The zero-order chi connectivity index (χ0) is 21.1. The Morgan fingerprint density at radius 3 is 1.32 bits per heavy atom. The van der Waals surface area contributed by atoms with E-state index in [4.69, 9.17) is 46.4 Å². The van der Waals surface area contributed by atoms with Gasteiger partial charge in [0.05, 0.1) is 29.9 Å². The van der Waals surface area contributed by atoms with Crippen LogP contribution < -0.4 is 20.5 Å². The van der Waals surface area contributed by atoms with Crippen molar-refractivity contribution in [3.63, 3.8) is 0 Å².